The monoisotopic (exact) mass is 324 g/mol. The highest BCUT2D eigenvalue weighted by molar-refractivity contribution is 5.80. The van der Waals surface area contributed by atoms with Crippen LogP contribution in [0, 0.1) is 10.1 Å². The Hall–Kier alpha value is -2.69. The third-order valence-electron chi connectivity index (χ3n) is 4.54. The summed E-state index contributed by atoms with van der Waals surface area (Å²) < 4.78 is 0. The van der Waals surface area contributed by atoms with Crippen LogP contribution in [-0.2, 0) is 24.1 Å². The van der Waals surface area contributed by atoms with E-state index in [-0.39, 0.29) is 24.1 Å². The van der Waals surface area contributed by atoms with Crippen LogP contribution in [-0.4, -0.2) is 10.8 Å². The van der Waals surface area contributed by atoms with Gasteiger partial charge in [0.05, 0.1) is 17.4 Å². The minimum Gasteiger partial charge on any atom is -0.349 e. The predicted molar refractivity (Wildman–Crippen MR) is 91.8 cm³/mol. The smallest absolute Gasteiger partial charge is 0.273 e. The fourth-order valence-electron chi connectivity index (χ4n) is 3.25. The van der Waals surface area contributed by atoms with Gasteiger partial charge in [-0.2, -0.15) is 0 Å². The Morgan fingerprint density at radius 1 is 1.21 bits per heavy atom. The number of carbonyl (C=O) groups excluding carboxylic acids is 1. The molecule has 24 heavy (non-hydrogen) atoms. The number of nitro benzene ring substituents is 1. The average Bonchev–Trinajstić information content (AvgIpc) is 3.02. The van der Waals surface area contributed by atoms with Crippen molar-refractivity contribution in [3.05, 3.63) is 74.8 Å². The minimum atomic E-state index is -0.452. The molecule has 0 saturated carbocycles. The maximum Gasteiger partial charge on any atom is 0.273 e. The number of nitro groups is 1. The molecule has 0 unspecified atom stereocenters. The standard InChI is InChI=1S/C19H20N2O3/c1-13(15-10-9-14-6-4-7-16(14)11-15)20-19(22)12-17-5-2-3-8-18(17)21(23)24/h2-3,5,8-11,13H,4,6-7,12H2,1H3,(H,20,22)/t13-/m1/s1. The van der Waals surface area contributed by atoms with Crippen LogP contribution in [0.4, 0.5) is 5.69 Å². The van der Waals surface area contributed by atoms with Crippen LogP contribution in [0.5, 0.6) is 0 Å². The van der Waals surface area contributed by atoms with Crippen LogP contribution in [0.1, 0.15) is 41.6 Å². The van der Waals surface area contributed by atoms with Crippen molar-refractivity contribution in [2.45, 2.75) is 38.6 Å². The molecule has 0 heterocycles. The van der Waals surface area contributed by atoms with Crippen molar-refractivity contribution in [3.63, 3.8) is 0 Å². The summed E-state index contributed by atoms with van der Waals surface area (Å²) in [6.45, 7) is 1.94. The Kier molecular flexibility index (Phi) is 4.60. The Bertz CT molecular complexity index is 786. The van der Waals surface area contributed by atoms with E-state index in [2.05, 4.69) is 23.5 Å². The van der Waals surface area contributed by atoms with Gasteiger partial charge in [-0.3, -0.25) is 14.9 Å². The molecule has 0 spiro atoms. The van der Waals surface area contributed by atoms with Gasteiger partial charge in [0, 0.05) is 11.6 Å². The second-order valence-electron chi connectivity index (χ2n) is 6.23. The number of para-hydroxylation sites is 1. The van der Waals surface area contributed by atoms with E-state index in [1.807, 2.05) is 6.92 Å². The molecule has 3 rings (SSSR count). The molecule has 124 valence electrons. The largest absolute Gasteiger partial charge is 0.349 e. The lowest BCUT2D eigenvalue weighted by molar-refractivity contribution is -0.385. The maximum atomic E-state index is 12.3. The Balaban J connectivity index is 1.68. The summed E-state index contributed by atoms with van der Waals surface area (Å²) in [5.41, 5.74) is 4.26. The molecule has 1 N–H and O–H groups in total. The van der Waals surface area contributed by atoms with Crippen molar-refractivity contribution in [1.82, 2.24) is 5.32 Å². The quantitative estimate of drug-likeness (QED) is 0.676. The van der Waals surface area contributed by atoms with Gasteiger partial charge in [0.25, 0.3) is 5.69 Å². The Labute approximate surface area is 140 Å². The van der Waals surface area contributed by atoms with Gasteiger partial charge in [0.2, 0.25) is 5.91 Å². The fraction of sp³-hybridized carbons (Fsp3) is 0.316. The molecule has 0 saturated heterocycles. The van der Waals surface area contributed by atoms with Crippen molar-refractivity contribution in [2.75, 3.05) is 0 Å². The SMILES string of the molecule is C[C@@H](NC(=O)Cc1ccccc1[N+](=O)[O-])c1ccc2c(c1)CCC2. The molecule has 1 atom stereocenters. The van der Waals surface area contributed by atoms with Crippen molar-refractivity contribution in [2.24, 2.45) is 0 Å². The van der Waals surface area contributed by atoms with Gasteiger partial charge >= 0.3 is 0 Å². The van der Waals surface area contributed by atoms with Crippen LogP contribution in [0.2, 0.25) is 0 Å². The zero-order chi connectivity index (χ0) is 17.1. The second-order valence-corrected chi connectivity index (χ2v) is 6.23. The van der Waals surface area contributed by atoms with E-state index in [4.69, 9.17) is 0 Å². The summed E-state index contributed by atoms with van der Waals surface area (Å²) in [4.78, 5) is 22.8. The van der Waals surface area contributed by atoms with E-state index in [1.54, 1.807) is 18.2 Å². The van der Waals surface area contributed by atoms with E-state index in [1.165, 1.54) is 23.6 Å². The number of nitrogens with one attached hydrogen (secondary N) is 1. The number of hydrogen-bond acceptors (Lipinski definition) is 3. The zero-order valence-corrected chi connectivity index (χ0v) is 13.6. The summed E-state index contributed by atoms with van der Waals surface area (Å²) in [5, 5.41) is 14.0. The second kappa shape index (κ2) is 6.83. The molecular weight excluding hydrogens is 304 g/mol. The Morgan fingerprint density at radius 3 is 2.75 bits per heavy atom. The summed E-state index contributed by atoms with van der Waals surface area (Å²) in [5.74, 6) is -0.211. The number of benzene rings is 2. The molecule has 0 fully saturated rings. The molecule has 2 aromatic carbocycles. The topological polar surface area (TPSA) is 72.2 Å². The van der Waals surface area contributed by atoms with Crippen molar-refractivity contribution in [3.8, 4) is 0 Å². The molecule has 5 heteroatoms. The van der Waals surface area contributed by atoms with E-state index in [0.717, 1.165) is 18.4 Å². The predicted octanol–water partition coefficient (Wildman–Crippen LogP) is 3.50. The van der Waals surface area contributed by atoms with Crippen molar-refractivity contribution < 1.29 is 9.72 Å². The van der Waals surface area contributed by atoms with E-state index < -0.39 is 4.92 Å². The van der Waals surface area contributed by atoms with Gasteiger partial charge < -0.3 is 5.32 Å². The van der Waals surface area contributed by atoms with Crippen LogP contribution < -0.4 is 5.32 Å². The average molecular weight is 324 g/mol. The van der Waals surface area contributed by atoms with Crippen LogP contribution in [0.25, 0.3) is 0 Å². The maximum absolute atomic E-state index is 12.3. The normalized spacial score (nSPS) is 14.0. The summed E-state index contributed by atoms with van der Waals surface area (Å²) in [6, 6.07) is 12.6. The van der Waals surface area contributed by atoms with Gasteiger partial charge in [-0.15, -0.1) is 0 Å². The first-order valence-corrected chi connectivity index (χ1v) is 8.18. The lowest BCUT2D eigenvalue weighted by Gasteiger charge is -2.15. The number of hydrogen-bond donors (Lipinski definition) is 1. The summed E-state index contributed by atoms with van der Waals surface area (Å²) in [6.07, 6.45) is 3.43. The first-order chi connectivity index (χ1) is 11.5. The molecule has 0 aromatic heterocycles. The lowest BCUT2D eigenvalue weighted by atomic mass is 10.0. The third kappa shape index (κ3) is 3.45. The molecule has 1 aliphatic carbocycles. The van der Waals surface area contributed by atoms with Crippen LogP contribution in [0.15, 0.2) is 42.5 Å². The molecule has 0 radical (unpaired) electrons. The molecule has 0 aliphatic heterocycles. The number of amides is 1. The van der Waals surface area contributed by atoms with Gasteiger partial charge in [-0.25, -0.2) is 0 Å². The molecule has 0 bridgehead atoms. The highest BCUT2D eigenvalue weighted by Crippen LogP contribution is 2.25. The number of carbonyl (C=O) groups is 1. The molecular formula is C19H20N2O3. The van der Waals surface area contributed by atoms with E-state index in [9.17, 15) is 14.9 Å². The molecule has 5 nitrogen and oxygen atoms in total. The van der Waals surface area contributed by atoms with Crippen molar-refractivity contribution >= 4 is 11.6 Å². The van der Waals surface area contributed by atoms with Gasteiger partial charge in [-0.05, 0) is 42.9 Å². The molecule has 1 aliphatic rings. The third-order valence-corrected chi connectivity index (χ3v) is 4.54. The molecule has 2 aromatic rings. The zero-order valence-electron chi connectivity index (χ0n) is 13.6. The minimum absolute atomic E-state index is 0.00638. The van der Waals surface area contributed by atoms with Gasteiger partial charge in [0.1, 0.15) is 0 Å². The molecule has 1 amide bonds. The van der Waals surface area contributed by atoms with Gasteiger partial charge in [-0.1, -0.05) is 36.4 Å². The number of aryl methyl sites for hydroxylation is 2. The van der Waals surface area contributed by atoms with Crippen molar-refractivity contribution in [1.29, 1.82) is 0 Å². The Morgan fingerprint density at radius 2 is 1.96 bits per heavy atom. The lowest BCUT2D eigenvalue weighted by Crippen LogP contribution is -2.28. The number of rotatable bonds is 5. The van der Waals surface area contributed by atoms with E-state index >= 15 is 0 Å². The van der Waals surface area contributed by atoms with Gasteiger partial charge in [0.15, 0.2) is 0 Å². The number of nitrogens with zero attached hydrogens (tertiary/aromatic N) is 1. The summed E-state index contributed by atoms with van der Waals surface area (Å²) >= 11 is 0. The van der Waals surface area contributed by atoms with Crippen LogP contribution >= 0.6 is 0 Å². The van der Waals surface area contributed by atoms with E-state index in [0.29, 0.717) is 5.56 Å². The summed E-state index contributed by atoms with van der Waals surface area (Å²) in [7, 11) is 0. The first-order valence-electron chi connectivity index (χ1n) is 8.18. The highest BCUT2D eigenvalue weighted by Gasteiger charge is 2.18. The number of fused-ring (bicyclic) bond motifs is 1. The van der Waals surface area contributed by atoms with Crippen LogP contribution in [0.3, 0.4) is 0 Å². The first kappa shape index (κ1) is 16.2. The fourth-order valence-corrected chi connectivity index (χ4v) is 3.25. The highest BCUT2D eigenvalue weighted by atomic mass is 16.6.